The summed E-state index contributed by atoms with van der Waals surface area (Å²) in [6.45, 7) is 1.87. The van der Waals surface area contributed by atoms with Gasteiger partial charge in [-0.05, 0) is 38.0 Å². The van der Waals surface area contributed by atoms with Gasteiger partial charge in [0.05, 0.1) is 16.4 Å². The second kappa shape index (κ2) is 6.88. The maximum absolute atomic E-state index is 10.6. The van der Waals surface area contributed by atoms with Crippen molar-refractivity contribution >= 4 is 28.5 Å². The van der Waals surface area contributed by atoms with Crippen molar-refractivity contribution in [2.75, 3.05) is 0 Å². The summed E-state index contributed by atoms with van der Waals surface area (Å²) < 4.78 is 11.1. The lowest BCUT2D eigenvalue weighted by Gasteiger charge is -2.15. The van der Waals surface area contributed by atoms with E-state index in [4.69, 9.17) is 20.9 Å². The van der Waals surface area contributed by atoms with Gasteiger partial charge in [0.1, 0.15) is 11.9 Å². The number of rotatable bonds is 6. The third kappa shape index (κ3) is 3.49. The molecule has 7 heteroatoms. The average molecular weight is 346 g/mol. The number of carboxylic acids is 1. The van der Waals surface area contributed by atoms with Crippen LogP contribution in [0.4, 0.5) is 0 Å². The first-order valence-corrected chi connectivity index (χ1v) is 7.77. The molecule has 124 valence electrons. The summed E-state index contributed by atoms with van der Waals surface area (Å²) in [6, 6.07) is 8.89. The van der Waals surface area contributed by atoms with E-state index in [1.807, 2.05) is 25.1 Å². The summed E-state index contributed by atoms with van der Waals surface area (Å²) in [6.07, 6.45) is 1.49. The molecule has 0 fully saturated rings. The lowest BCUT2D eigenvalue weighted by Crippen LogP contribution is -2.22. The summed E-state index contributed by atoms with van der Waals surface area (Å²) in [4.78, 5) is 14.8. The topological polar surface area (TPSA) is 88.3 Å². The molecule has 3 aromatic rings. The number of carbonyl (C=O) groups excluding carboxylic acids is 1. The Kier molecular flexibility index (Phi) is 4.66. The van der Waals surface area contributed by atoms with E-state index in [2.05, 4.69) is 10.1 Å². The van der Waals surface area contributed by atoms with Crippen LogP contribution in [0.15, 0.2) is 41.1 Å². The first kappa shape index (κ1) is 16.3. The van der Waals surface area contributed by atoms with Crippen LogP contribution in [0.3, 0.4) is 0 Å². The predicted octanol–water partition coefficient (Wildman–Crippen LogP) is 2.70. The van der Waals surface area contributed by atoms with Crippen molar-refractivity contribution in [2.24, 2.45) is 0 Å². The number of pyridine rings is 1. The van der Waals surface area contributed by atoms with Gasteiger partial charge in [-0.3, -0.25) is 4.98 Å². The molecule has 6 nitrogen and oxygen atoms in total. The highest BCUT2D eigenvalue weighted by atomic mass is 35.5. The molecular weight excluding hydrogens is 332 g/mol. The Hall–Kier alpha value is -2.60. The van der Waals surface area contributed by atoms with Crippen LogP contribution < -0.4 is 9.84 Å². The van der Waals surface area contributed by atoms with E-state index in [-0.39, 0.29) is 18.9 Å². The van der Waals surface area contributed by atoms with Crippen molar-refractivity contribution in [2.45, 2.75) is 25.9 Å². The van der Waals surface area contributed by atoms with Crippen LogP contribution in [-0.4, -0.2) is 16.1 Å². The summed E-state index contributed by atoms with van der Waals surface area (Å²) in [5.74, 6) is -0.689. The molecule has 0 N–H and O–H groups in total. The molecule has 1 atom stereocenters. The Morgan fingerprint density at radius 1 is 1.42 bits per heavy atom. The maximum Gasteiger partial charge on any atom is 0.170 e. The van der Waals surface area contributed by atoms with Crippen molar-refractivity contribution in [1.29, 1.82) is 0 Å². The van der Waals surface area contributed by atoms with Crippen molar-refractivity contribution < 1.29 is 19.2 Å². The molecule has 3 rings (SSSR count). The predicted molar refractivity (Wildman–Crippen MR) is 85.6 cm³/mol. The molecule has 0 bridgehead atoms. The minimum absolute atomic E-state index is 0.131. The maximum atomic E-state index is 10.6. The first-order chi connectivity index (χ1) is 11.5. The van der Waals surface area contributed by atoms with Gasteiger partial charge in [0.15, 0.2) is 5.58 Å². The summed E-state index contributed by atoms with van der Waals surface area (Å²) in [5.41, 5.74) is 1.79. The lowest BCUT2D eigenvalue weighted by molar-refractivity contribution is -0.305. The molecule has 2 heterocycles. The van der Waals surface area contributed by atoms with Gasteiger partial charge in [0.25, 0.3) is 0 Å². The standard InChI is InChI=1S/C17H15ClN2O4/c1-10(13-4-2-3-7-19-13)23-16-9-15-11(8-12(16)18)14(20-24-15)5-6-17(21)22/h2-4,7-10H,5-6H2,1H3,(H,21,22)/p-1/t10-/m1/s1. The Labute approximate surface area is 143 Å². The van der Waals surface area contributed by atoms with Crippen molar-refractivity contribution in [3.05, 3.63) is 52.9 Å². The smallest absolute Gasteiger partial charge is 0.170 e. The molecule has 0 aliphatic carbocycles. The van der Waals surface area contributed by atoms with E-state index in [0.29, 0.717) is 27.4 Å². The molecule has 0 saturated heterocycles. The Morgan fingerprint density at radius 2 is 2.25 bits per heavy atom. The highest BCUT2D eigenvalue weighted by Crippen LogP contribution is 2.34. The van der Waals surface area contributed by atoms with Crippen LogP contribution in [0.25, 0.3) is 11.0 Å². The van der Waals surface area contributed by atoms with E-state index in [0.717, 1.165) is 5.69 Å². The number of nitrogens with zero attached hydrogens (tertiary/aromatic N) is 2. The normalized spacial score (nSPS) is 12.2. The molecular formula is C17H14ClN2O4-. The fourth-order valence-electron chi connectivity index (χ4n) is 2.35. The average Bonchev–Trinajstić information content (AvgIpc) is 2.96. The SMILES string of the molecule is C[C@@H](Oc1cc2onc(CCC(=O)[O-])c2cc1Cl)c1ccccn1. The molecule has 0 amide bonds. The zero-order valence-corrected chi connectivity index (χ0v) is 13.6. The third-order valence-electron chi connectivity index (χ3n) is 3.57. The molecule has 0 saturated carbocycles. The van der Waals surface area contributed by atoms with Gasteiger partial charge in [-0.15, -0.1) is 0 Å². The van der Waals surface area contributed by atoms with Crippen LogP contribution in [-0.2, 0) is 11.2 Å². The number of aryl methyl sites for hydroxylation is 1. The first-order valence-electron chi connectivity index (χ1n) is 7.40. The number of aliphatic carboxylic acids is 1. The van der Waals surface area contributed by atoms with Gasteiger partial charge >= 0.3 is 0 Å². The van der Waals surface area contributed by atoms with E-state index in [9.17, 15) is 9.90 Å². The Bertz CT molecular complexity index is 864. The molecule has 0 aliphatic rings. The number of fused-ring (bicyclic) bond motifs is 1. The summed E-state index contributed by atoms with van der Waals surface area (Å²) in [5, 5.41) is 15.5. The largest absolute Gasteiger partial charge is 0.550 e. The molecule has 2 aromatic heterocycles. The van der Waals surface area contributed by atoms with Gasteiger partial charge in [0, 0.05) is 23.6 Å². The highest BCUT2D eigenvalue weighted by molar-refractivity contribution is 6.32. The molecule has 24 heavy (non-hydrogen) atoms. The number of aromatic nitrogens is 2. The zero-order chi connectivity index (χ0) is 17.1. The molecule has 0 aliphatic heterocycles. The van der Waals surface area contributed by atoms with Gasteiger partial charge in [-0.1, -0.05) is 22.8 Å². The van der Waals surface area contributed by atoms with Crippen molar-refractivity contribution in [1.82, 2.24) is 10.1 Å². The van der Waals surface area contributed by atoms with Crippen LogP contribution in [0.1, 0.15) is 30.8 Å². The molecule has 0 unspecified atom stereocenters. The van der Waals surface area contributed by atoms with E-state index in [1.54, 1.807) is 18.3 Å². The lowest BCUT2D eigenvalue weighted by atomic mass is 10.1. The number of carboxylic acid groups (broad SMARTS) is 1. The van der Waals surface area contributed by atoms with Crippen LogP contribution >= 0.6 is 11.6 Å². The van der Waals surface area contributed by atoms with Gasteiger partial charge in [-0.25, -0.2) is 0 Å². The summed E-state index contributed by atoms with van der Waals surface area (Å²) in [7, 11) is 0. The zero-order valence-electron chi connectivity index (χ0n) is 12.9. The number of hydrogen-bond donors (Lipinski definition) is 0. The molecule has 0 spiro atoms. The van der Waals surface area contributed by atoms with E-state index in [1.165, 1.54) is 0 Å². The minimum atomic E-state index is -1.14. The Balaban J connectivity index is 1.85. The van der Waals surface area contributed by atoms with Crippen molar-refractivity contribution in [3.8, 4) is 5.75 Å². The number of ether oxygens (including phenoxy) is 1. The summed E-state index contributed by atoms with van der Waals surface area (Å²) >= 11 is 6.28. The number of carbonyl (C=O) groups is 1. The minimum Gasteiger partial charge on any atom is -0.550 e. The van der Waals surface area contributed by atoms with Gasteiger partial charge in [-0.2, -0.15) is 0 Å². The van der Waals surface area contributed by atoms with E-state index < -0.39 is 5.97 Å². The quantitative estimate of drug-likeness (QED) is 0.682. The molecule has 0 radical (unpaired) electrons. The monoisotopic (exact) mass is 345 g/mol. The van der Waals surface area contributed by atoms with Crippen LogP contribution in [0.5, 0.6) is 5.75 Å². The molecule has 1 aromatic carbocycles. The van der Waals surface area contributed by atoms with Crippen LogP contribution in [0.2, 0.25) is 5.02 Å². The fraction of sp³-hybridized carbons (Fsp3) is 0.235. The number of benzene rings is 1. The number of halogens is 1. The van der Waals surface area contributed by atoms with Crippen LogP contribution in [0, 0.1) is 0 Å². The fourth-order valence-corrected chi connectivity index (χ4v) is 2.56. The van der Waals surface area contributed by atoms with E-state index >= 15 is 0 Å². The second-order valence-corrected chi connectivity index (χ2v) is 5.70. The Morgan fingerprint density at radius 3 is 2.96 bits per heavy atom. The highest BCUT2D eigenvalue weighted by Gasteiger charge is 2.16. The van der Waals surface area contributed by atoms with Gasteiger partial charge < -0.3 is 19.2 Å². The second-order valence-electron chi connectivity index (χ2n) is 5.29. The number of hydrogen-bond acceptors (Lipinski definition) is 6. The third-order valence-corrected chi connectivity index (χ3v) is 3.87. The van der Waals surface area contributed by atoms with Gasteiger partial charge in [0.2, 0.25) is 0 Å². The van der Waals surface area contributed by atoms with Crippen molar-refractivity contribution in [3.63, 3.8) is 0 Å².